The van der Waals surface area contributed by atoms with E-state index in [1.165, 1.54) is 0 Å². The van der Waals surface area contributed by atoms with Crippen molar-refractivity contribution < 1.29 is 0 Å². The van der Waals surface area contributed by atoms with Crippen molar-refractivity contribution in [1.82, 2.24) is 14.5 Å². The molecular weight excluding hydrogens is 202 g/mol. The van der Waals surface area contributed by atoms with E-state index in [0.29, 0.717) is 10.9 Å². The Morgan fingerprint density at radius 2 is 2.25 bits per heavy atom. The number of hydrogen-bond acceptors (Lipinski definition) is 3. The molecule has 4 heteroatoms. The minimum absolute atomic E-state index is 0.0310. The summed E-state index contributed by atoms with van der Waals surface area (Å²) in [6.07, 6.45) is 8.17. The Morgan fingerprint density at radius 3 is 3.06 bits per heavy atom. The van der Waals surface area contributed by atoms with Crippen LogP contribution in [0, 0.1) is 0 Å². The average Bonchev–Trinajstić information content (AvgIpc) is 2.33. The van der Waals surface area contributed by atoms with Gasteiger partial charge in [-0.15, -0.1) is 0 Å². The van der Waals surface area contributed by atoms with Crippen molar-refractivity contribution in [3.05, 3.63) is 35.1 Å². The van der Waals surface area contributed by atoms with Crippen LogP contribution in [-0.2, 0) is 6.54 Å². The van der Waals surface area contributed by atoms with Gasteiger partial charge in [-0.25, -0.2) is 4.98 Å². The lowest BCUT2D eigenvalue weighted by Crippen LogP contribution is -2.20. The topological polar surface area (TPSA) is 47.8 Å². The zero-order valence-corrected chi connectivity index (χ0v) is 9.39. The second kappa shape index (κ2) is 4.88. The molecule has 84 valence electrons. The maximum absolute atomic E-state index is 12.0. The summed E-state index contributed by atoms with van der Waals surface area (Å²) in [5.74, 6) is 0. The van der Waals surface area contributed by atoms with Crippen molar-refractivity contribution in [2.45, 2.75) is 32.7 Å². The number of nitrogens with zero attached hydrogens (tertiary/aromatic N) is 3. The van der Waals surface area contributed by atoms with E-state index < -0.39 is 0 Å². The molecule has 0 aliphatic rings. The molecule has 0 atom stereocenters. The van der Waals surface area contributed by atoms with Gasteiger partial charge in [0.15, 0.2) is 0 Å². The lowest BCUT2D eigenvalue weighted by molar-refractivity contribution is 0.584. The van der Waals surface area contributed by atoms with E-state index in [1.807, 2.05) is 0 Å². The van der Waals surface area contributed by atoms with Gasteiger partial charge in [-0.1, -0.05) is 19.8 Å². The Bertz CT molecular complexity index is 533. The summed E-state index contributed by atoms with van der Waals surface area (Å²) < 4.78 is 1.68. The molecule has 16 heavy (non-hydrogen) atoms. The molecule has 2 rings (SSSR count). The first-order valence-corrected chi connectivity index (χ1v) is 5.62. The Morgan fingerprint density at radius 1 is 1.38 bits per heavy atom. The summed E-state index contributed by atoms with van der Waals surface area (Å²) in [5, 5.41) is 0.647. The van der Waals surface area contributed by atoms with Crippen molar-refractivity contribution in [1.29, 1.82) is 0 Å². The van der Waals surface area contributed by atoms with Crippen LogP contribution in [0.3, 0.4) is 0 Å². The molecule has 2 aromatic rings. The summed E-state index contributed by atoms with van der Waals surface area (Å²) in [7, 11) is 0. The Hall–Kier alpha value is -1.71. The van der Waals surface area contributed by atoms with Crippen LogP contribution in [0.5, 0.6) is 0 Å². The molecule has 0 spiro atoms. The summed E-state index contributed by atoms with van der Waals surface area (Å²) in [5.41, 5.74) is 0.697. The van der Waals surface area contributed by atoms with Crippen LogP contribution in [0.1, 0.15) is 26.2 Å². The fourth-order valence-electron chi connectivity index (χ4n) is 1.70. The lowest BCUT2D eigenvalue weighted by Gasteiger charge is -2.05. The van der Waals surface area contributed by atoms with E-state index in [4.69, 9.17) is 0 Å². The lowest BCUT2D eigenvalue weighted by atomic mass is 10.2. The fourth-order valence-corrected chi connectivity index (χ4v) is 1.70. The molecule has 0 aliphatic heterocycles. The van der Waals surface area contributed by atoms with E-state index in [2.05, 4.69) is 16.9 Å². The summed E-state index contributed by atoms with van der Waals surface area (Å²) >= 11 is 0. The van der Waals surface area contributed by atoms with Crippen LogP contribution in [0.15, 0.2) is 29.6 Å². The molecule has 0 unspecified atom stereocenters. The third-order valence-corrected chi connectivity index (χ3v) is 2.63. The Labute approximate surface area is 94.0 Å². The van der Waals surface area contributed by atoms with Crippen molar-refractivity contribution in [2.75, 3.05) is 0 Å². The molecule has 0 aliphatic carbocycles. The molecule has 0 radical (unpaired) electrons. The summed E-state index contributed by atoms with van der Waals surface area (Å²) in [6.45, 7) is 2.89. The maximum Gasteiger partial charge on any atom is 0.261 e. The van der Waals surface area contributed by atoms with E-state index in [9.17, 15) is 4.79 Å². The Balaban J connectivity index is 2.33. The monoisotopic (exact) mass is 217 g/mol. The summed E-state index contributed by atoms with van der Waals surface area (Å²) in [6, 6.07) is 1.72. The molecule has 0 saturated carbocycles. The molecule has 2 aromatic heterocycles. The highest BCUT2D eigenvalue weighted by atomic mass is 16.1. The zero-order chi connectivity index (χ0) is 11.4. The number of hydrogen-bond donors (Lipinski definition) is 0. The standard InChI is InChI=1S/C12H15N3O/c1-2-3-4-7-15-9-14-11-8-13-6-5-10(11)12(15)16/h5-6,8-9H,2-4,7H2,1H3. The Kier molecular flexibility index (Phi) is 3.29. The number of rotatable bonds is 4. The van der Waals surface area contributed by atoms with E-state index in [0.717, 1.165) is 25.8 Å². The summed E-state index contributed by atoms with van der Waals surface area (Å²) in [4.78, 5) is 20.2. The molecule has 0 aromatic carbocycles. The van der Waals surface area contributed by atoms with Crippen molar-refractivity contribution >= 4 is 10.9 Å². The SMILES string of the molecule is CCCCCn1cnc2cnccc2c1=O. The largest absolute Gasteiger partial charge is 0.299 e. The molecule has 4 nitrogen and oxygen atoms in total. The van der Waals surface area contributed by atoms with Crippen LogP contribution >= 0.6 is 0 Å². The quantitative estimate of drug-likeness (QED) is 0.736. The number of pyridine rings is 1. The normalized spacial score (nSPS) is 10.8. The van der Waals surface area contributed by atoms with Crippen LogP contribution in [0.4, 0.5) is 0 Å². The number of aromatic nitrogens is 3. The van der Waals surface area contributed by atoms with Gasteiger partial charge in [0.2, 0.25) is 0 Å². The molecular formula is C12H15N3O. The van der Waals surface area contributed by atoms with Gasteiger partial charge in [0.25, 0.3) is 5.56 Å². The molecule has 0 amide bonds. The van der Waals surface area contributed by atoms with Gasteiger partial charge in [0, 0.05) is 12.7 Å². The fraction of sp³-hybridized carbons (Fsp3) is 0.417. The number of aryl methyl sites for hydroxylation is 1. The smallest absolute Gasteiger partial charge is 0.261 e. The van der Waals surface area contributed by atoms with Gasteiger partial charge < -0.3 is 0 Å². The average molecular weight is 217 g/mol. The van der Waals surface area contributed by atoms with Gasteiger partial charge in [0.05, 0.1) is 23.4 Å². The second-order valence-corrected chi connectivity index (χ2v) is 3.84. The first-order valence-electron chi connectivity index (χ1n) is 5.62. The maximum atomic E-state index is 12.0. The minimum Gasteiger partial charge on any atom is -0.299 e. The van der Waals surface area contributed by atoms with Gasteiger partial charge in [0.1, 0.15) is 0 Å². The van der Waals surface area contributed by atoms with E-state index in [-0.39, 0.29) is 5.56 Å². The molecule has 0 bridgehead atoms. The van der Waals surface area contributed by atoms with Gasteiger partial charge in [-0.3, -0.25) is 14.3 Å². The number of fused-ring (bicyclic) bond motifs is 1. The first kappa shape index (κ1) is 10.8. The first-order chi connectivity index (χ1) is 7.83. The minimum atomic E-state index is 0.0310. The van der Waals surface area contributed by atoms with Crippen molar-refractivity contribution in [3.63, 3.8) is 0 Å². The molecule has 2 heterocycles. The highest BCUT2D eigenvalue weighted by molar-refractivity contribution is 5.75. The van der Waals surface area contributed by atoms with E-state index in [1.54, 1.807) is 29.4 Å². The third-order valence-electron chi connectivity index (χ3n) is 2.63. The van der Waals surface area contributed by atoms with Gasteiger partial charge >= 0.3 is 0 Å². The van der Waals surface area contributed by atoms with Crippen molar-refractivity contribution in [2.24, 2.45) is 0 Å². The predicted molar refractivity (Wildman–Crippen MR) is 63.3 cm³/mol. The van der Waals surface area contributed by atoms with Crippen LogP contribution in [-0.4, -0.2) is 14.5 Å². The molecule has 0 fully saturated rings. The highest BCUT2D eigenvalue weighted by Gasteiger charge is 2.02. The van der Waals surface area contributed by atoms with E-state index >= 15 is 0 Å². The highest BCUT2D eigenvalue weighted by Crippen LogP contribution is 2.03. The molecule has 0 saturated heterocycles. The van der Waals surface area contributed by atoms with Crippen LogP contribution in [0.2, 0.25) is 0 Å². The molecule has 0 N–H and O–H groups in total. The number of unbranched alkanes of at least 4 members (excludes halogenated alkanes) is 2. The van der Waals surface area contributed by atoms with Crippen LogP contribution in [0.25, 0.3) is 10.9 Å². The van der Waals surface area contributed by atoms with Crippen LogP contribution < -0.4 is 5.56 Å². The van der Waals surface area contributed by atoms with Crippen molar-refractivity contribution in [3.8, 4) is 0 Å². The van der Waals surface area contributed by atoms with Gasteiger partial charge in [-0.05, 0) is 12.5 Å². The predicted octanol–water partition coefficient (Wildman–Crippen LogP) is 1.98. The van der Waals surface area contributed by atoms with Gasteiger partial charge in [-0.2, -0.15) is 0 Å². The third kappa shape index (κ3) is 2.10. The zero-order valence-electron chi connectivity index (χ0n) is 9.39. The second-order valence-electron chi connectivity index (χ2n) is 3.84.